The zero-order valence-corrected chi connectivity index (χ0v) is 10.9. The first-order valence-corrected chi connectivity index (χ1v) is 5.96. The highest BCUT2D eigenvalue weighted by Gasteiger charge is 2.12. The standard InChI is InChI=1S/C13H19FN2O2/c1-4-7-15-13(17)9(2)16-10-5-6-11(14)12(8-10)18-3/h5-6,8-9,16H,4,7H2,1-3H3,(H,15,17). The van der Waals surface area contributed by atoms with Crippen LogP contribution < -0.4 is 15.4 Å². The van der Waals surface area contributed by atoms with Gasteiger partial charge in [-0.05, 0) is 25.5 Å². The van der Waals surface area contributed by atoms with Crippen molar-refractivity contribution < 1.29 is 13.9 Å². The Morgan fingerprint density at radius 2 is 2.22 bits per heavy atom. The molecule has 0 aliphatic carbocycles. The van der Waals surface area contributed by atoms with Gasteiger partial charge in [-0.3, -0.25) is 4.79 Å². The summed E-state index contributed by atoms with van der Waals surface area (Å²) in [5.41, 5.74) is 0.646. The monoisotopic (exact) mass is 254 g/mol. The van der Waals surface area contributed by atoms with Gasteiger partial charge in [-0.25, -0.2) is 4.39 Å². The Kier molecular flexibility index (Phi) is 5.42. The molecule has 0 saturated carbocycles. The van der Waals surface area contributed by atoms with Gasteiger partial charge in [-0.2, -0.15) is 0 Å². The summed E-state index contributed by atoms with van der Waals surface area (Å²) in [6.45, 7) is 4.39. The van der Waals surface area contributed by atoms with E-state index in [1.165, 1.54) is 19.2 Å². The molecule has 1 rings (SSSR count). The Morgan fingerprint density at radius 1 is 1.50 bits per heavy atom. The number of rotatable bonds is 6. The summed E-state index contributed by atoms with van der Waals surface area (Å²) >= 11 is 0. The number of amides is 1. The van der Waals surface area contributed by atoms with Crippen molar-refractivity contribution in [2.45, 2.75) is 26.3 Å². The number of methoxy groups -OCH3 is 1. The van der Waals surface area contributed by atoms with E-state index in [9.17, 15) is 9.18 Å². The van der Waals surface area contributed by atoms with E-state index in [-0.39, 0.29) is 17.7 Å². The summed E-state index contributed by atoms with van der Waals surface area (Å²) in [5.74, 6) is -0.354. The third kappa shape index (κ3) is 3.91. The second-order valence-electron chi connectivity index (χ2n) is 4.01. The van der Waals surface area contributed by atoms with Crippen molar-refractivity contribution >= 4 is 11.6 Å². The first kappa shape index (κ1) is 14.3. The maximum Gasteiger partial charge on any atom is 0.242 e. The molecule has 18 heavy (non-hydrogen) atoms. The maximum absolute atomic E-state index is 13.2. The van der Waals surface area contributed by atoms with Crippen molar-refractivity contribution in [3.05, 3.63) is 24.0 Å². The predicted octanol–water partition coefficient (Wildman–Crippen LogP) is 2.16. The normalized spacial score (nSPS) is 11.8. The molecular formula is C13H19FN2O2. The van der Waals surface area contributed by atoms with E-state index in [0.29, 0.717) is 12.2 Å². The topological polar surface area (TPSA) is 50.4 Å². The van der Waals surface area contributed by atoms with Crippen molar-refractivity contribution in [2.24, 2.45) is 0 Å². The predicted molar refractivity (Wildman–Crippen MR) is 69.3 cm³/mol. The molecule has 4 nitrogen and oxygen atoms in total. The van der Waals surface area contributed by atoms with Crippen molar-refractivity contribution in [3.63, 3.8) is 0 Å². The highest BCUT2D eigenvalue weighted by molar-refractivity contribution is 5.84. The van der Waals surface area contributed by atoms with E-state index in [1.54, 1.807) is 13.0 Å². The van der Waals surface area contributed by atoms with Gasteiger partial charge in [0.05, 0.1) is 7.11 Å². The number of hydrogen-bond acceptors (Lipinski definition) is 3. The number of halogens is 1. The fraction of sp³-hybridized carbons (Fsp3) is 0.462. The molecule has 1 unspecified atom stereocenters. The quantitative estimate of drug-likeness (QED) is 0.818. The number of hydrogen-bond donors (Lipinski definition) is 2. The third-order valence-electron chi connectivity index (χ3n) is 2.48. The van der Waals surface area contributed by atoms with Gasteiger partial charge in [0.15, 0.2) is 11.6 Å². The van der Waals surface area contributed by atoms with Crippen LogP contribution in [0.1, 0.15) is 20.3 Å². The van der Waals surface area contributed by atoms with Crippen LogP contribution in [0.15, 0.2) is 18.2 Å². The van der Waals surface area contributed by atoms with Crippen LogP contribution >= 0.6 is 0 Å². The molecule has 5 heteroatoms. The Balaban J connectivity index is 2.64. The average Bonchev–Trinajstić information content (AvgIpc) is 2.37. The minimum absolute atomic E-state index is 0.0832. The SMILES string of the molecule is CCCNC(=O)C(C)Nc1ccc(F)c(OC)c1. The van der Waals surface area contributed by atoms with Crippen LogP contribution in [0.5, 0.6) is 5.75 Å². The van der Waals surface area contributed by atoms with E-state index in [4.69, 9.17) is 4.74 Å². The summed E-state index contributed by atoms with van der Waals surface area (Å²) in [6.07, 6.45) is 0.892. The Hall–Kier alpha value is -1.78. The molecule has 0 spiro atoms. The second-order valence-corrected chi connectivity index (χ2v) is 4.01. The lowest BCUT2D eigenvalue weighted by Gasteiger charge is -2.15. The molecule has 2 N–H and O–H groups in total. The summed E-state index contributed by atoms with van der Waals surface area (Å²) < 4.78 is 18.1. The molecule has 1 atom stereocenters. The van der Waals surface area contributed by atoms with E-state index < -0.39 is 5.82 Å². The summed E-state index contributed by atoms with van der Waals surface area (Å²) in [7, 11) is 1.40. The lowest BCUT2D eigenvalue weighted by atomic mass is 10.2. The second kappa shape index (κ2) is 6.83. The van der Waals surface area contributed by atoms with E-state index >= 15 is 0 Å². The highest BCUT2D eigenvalue weighted by atomic mass is 19.1. The van der Waals surface area contributed by atoms with Crippen LogP contribution in [0.4, 0.5) is 10.1 Å². The minimum atomic E-state index is -0.425. The average molecular weight is 254 g/mol. The van der Waals surface area contributed by atoms with Gasteiger partial charge in [0.1, 0.15) is 6.04 Å². The van der Waals surface area contributed by atoms with Gasteiger partial charge < -0.3 is 15.4 Å². The largest absolute Gasteiger partial charge is 0.494 e. The summed E-state index contributed by atoms with van der Waals surface area (Å²) in [4.78, 5) is 11.6. The first-order valence-electron chi connectivity index (χ1n) is 5.96. The maximum atomic E-state index is 13.2. The molecule has 0 aromatic heterocycles. The number of nitrogens with one attached hydrogen (secondary N) is 2. The van der Waals surface area contributed by atoms with E-state index in [0.717, 1.165) is 6.42 Å². The van der Waals surface area contributed by atoms with Crippen molar-refractivity contribution in [3.8, 4) is 5.75 Å². The van der Waals surface area contributed by atoms with Gasteiger partial charge in [0.2, 0.25) is 5.91 Å². The fourth-order valence-corrected chi connectivity index (χ4v) is 1.47. The van der Waals surface area contributed by atoms with Gasteiger partial charge in [-0.1, -0.05) is 6.92 Å². The van der Waals surface area contributed by atoms with Gasteiger partial charge in [-0.15, -0.1) is 0 Å². The van der Waals surface area contributed by atoms with Crippen LogP contribution in [-0.4, -0.2) is 25.6 Å². The number of benzene rings is 1. The zero-order valence-electron chi connectivity index (χ0n) is 10.9. The molecule has 0 bridgehead atoms. The molecular weight excluding hydrogens is 235 g/mol. The first-order chi connectivity index (χ1) is 8.58. The Bertz CT molecular complexity index is 410. The van der Waals surface area contributed by atoms with Crippen LogP contribution in [0.2, 0.25) is 0 Å². The number of carbonyl (C=O) groups excluding carboxylic acids is 1. The number of carbonyl (C=O) groups is 1. The summed E-state index contributed by atoms with van der Waals surface area (Å²) in [6, 6.07) is 4.02. The van der Waals surface area contributed by atoms with Crippen molar-refractivity contribution in [1.29, 1.82) is 0 Å². The lowest BCUT2D eigenvalue weighted by molar-refractivity contribution is -0.121. The van der Waals surface area contributed by atoms with Crippen molar-refractivity contribution in [1.82, 2.24) is 5.32 Å². The van der Waals surface area contributed by atoms with Crippen LogP contribution in [0.3, 0.4) is 0 Å². The number of anilines is 1. The molecule has 100 valence electrons. The molecule has 0 aliphatic heterocycles. The van der Waals surface area contributed by atoms with Gasteiger partial charge in [0, 0.05) is 18.3 Å². The lowest BCUT2D eigenvalue weighted by Crippen LogP contribution is -2.37. The Morgan fingerprint density at radius 3 is 2.83 bits per heavy atom. The molecule has 0 aliphatic rings. The molecule has 0 heterocycles. The molecule has 1 aromatic rings. The highest BCUT2D eigenvalue weighted by Crippen LogP contribution is 2.21. The third-order valence-corrected chi connectivity index (χ3v) is 2.48. The van der Waals surface area contributed by atoms with Crippen LogP contribution in [0, 0.1) is 5.82 Å². The van der Waals surface area contributed by atoms with E-state index in [2.05, 4.69) is 10.6 Å². The molecule has 0 saturated heterocycles. The van der Waals surface area contributed by atoms with Gasteiger partial charge >= 0.3 is 0 Å². The van der Waals surface area contributed by atoms with Crippen LogP contribution in [0.25, 0.3) is 0 Å². The summed E-state index contributed by atoms with van der Waals surface area (Å²) in [5, 5.41) is 5.78. The smallest absolute Gasteiger partial charge is 0.242 e. The Labute approximate surface area is 107 Å². The number of ether oxygens (including phenoxy) is 1. The molecule has 0 radical (unpaired) electrons. The van der Waals surface area contributed by atoms with Crippen LogP contribution in [-0.2, 0) is 4.79 Å². The molecule has 0 fully saturated rings. The zero-order chi connectivity index (χ0) is 13.5. The molecule has 1 amide bonds. The molecule has 1 aromatic carbocycles. The van der Waals surface area contributed by atoms with Gasteiger partial charge in [0.25, 0.3) is 0 Å². The minimum Gasteiger partial charge on any atom is -0.494 e. The fourth-order valence-electron chi connectivity index (χ4n) is 1.47. The van der Waals surface area contributed by atoms with Crippen molar-refractivity contribution in [2.75, 3.05) is 19.0 Å². The van der Waals surface area contributed by atoms with E-state index in [1.807, 2.05) is 6.92 Å².